The van der Waals surface area contributed by atoms with Crippen LogP contribution in [0.4, 0.5) is 10.8 Å². The normalized spacial score (nSPS) is 14.9. The lowest BCUT2D eigenvalue weighted by molar-refractivity contribution is 0.186. The van der Waals surface area contributed by atoms with Crippen LogP contribution in [0.25, 0.3) is 10.9 Å². The van der Waals surface area contributed by atoms with Crippen LogP contribution in [-0.2, 0) is 11.3 Å². The maximum Gasteiger partial charge on any atom is 0.261 e. The van der Waals surface area contributed by atoms with Crippen LogP contribution in [0, 0.1) is 6.92 Å². The predicted octanol–water partition coefficient (Wildman–Crippen LogP) is 1.53. The zero-order valence-electron chi connectivity index (χ0n) is 15.5. The molecule has 8 nitrogen and oxygen atoms in total. The monoisotopic (exact) mass is 386 g/mol. The van der Waals surface area contributed by atoms with Crippen molar-refractivity contribution in [1.29, 1.82) is 0 Å². The molecule has 1 aromatic carbocycles. The van der Waals surface area contributed by atoms with E-state index in [-0.39, 0.29) is 5.56 Å². The van der Waals surface area contributed by atoms with Crippen LogP contribution in [0.2, 0.25) is 0 Å². The summed E-state index contributed by atoms with van der Waals surface area (Å²) in [6, 6.07) is 5.89. The minimum atomic E-state index is -0.0277. The number of methoxy groups -OCH3 is 1. The number of rotatable bonds is 5. The number of hydrogen-bond donors (Lipinski definition) is 0. The van der Waals surface area contributed by atoms with Gasteiger partial charge in [0.05, 0.1) is 30.4 Å². The molecule has 0 aliphatic carbocycles. The second-order valence-corrected chi connectivity index (χ2v) is 7.68. The van der Waals surface area contributed by atoms with Crippen molar-refractivity contribution >= 4 is 33.1 Å². The molecule has 1 aliphatic rings. The van der Waals surface area contributed by atoms with Crippen molar-refractivity contribution in [2.24, 2.45) is 0 Å². The molecule has 0 amide bonds. The smallest absolute Gasteiger partial charge is 0.261 e. The van der Waals surface area contributed by atoms with Gasteiger partial charge in [-0.05, 0) is 25.1 Å². The minimum Gasteiger partial charge on any atom is -0.383 e. The van der Waals surface area contributed by atoms with Crippen LogP contribution >= 0.6 is 11.3 Å². The maximum atomic E-state index is 12.6. The average molecular weight is 386 g/mol. The van der Waals surface area contributed by atoms with Crippen molar-refractivity contribution in [2.45, 2.75) is 13.5 Å². The SMILES string of the molecule is COCCn1cnc2cc(N3CCN(c4nnc(C)s4)CC3)ccc2c1=O. The summed E-state index contributed by atoms with van der Waals surface area (Å²) in [4.78, 5) is 21.6. The van der Waals surface area contributed by atoms with Crippen molar-refractivity contribution in [3.8, 4) is 0 Å². The largest absolute Gasteiger partial charge is 0.383 e. The number of nitrogens with zero attached hydrogens (tertiary/aromatic N) is 6. The second-order valence-electron chi connectivity index (χ2n) is 6.52. The van der Waals surface area contributed by atoms with Crippen LogP contribution in [-0.4, -0.2) is 59.6 Å². The minimum absolute atomic E-state index is 0.0277. The molecule has 3 aromatic rings. The number of aryl methyl sites for hydroxylation is 1. The predicted molar refractivity (Wildman–Crippen MR) is 107 cm³/mol. The van der Waals surface area contributed by atoms with E-state index in [2.05, 4.69) is 25.0 Å². The lowest BCUT2D eigenvalue weighted by atomic mass is 10.2. The Balaban J connectivity index is 1.50. The van der Waals surface area contributed by atoms with Crippen LogP contribution in [0.3, 0.4) is 0 Å². The summed E-state index contributed by atoms with van der Waals surface area (Å²) in [5.41, 5.74) is 1.80. The van der Waals surface area contributed by atoms with Crippen LogP contribution in [0.1, 0.15) is 5.01 Å². The fourth-order valence-corrected chi connectivity index (χ4v) is 4.00. The highest BCUT2D eigenvalue weighted by Gasteiger charge is 2.20. The number of anilines is 2. The fraction of sp³-hybridized carbons (Fsp3) is 0.444. The lowest BCUT2D eigenvalue weighted by Gasteiger charge is -2.35. The summed E-state index contributed by atoms with van der Waals surface area (Å²) in [7, 11) is 1.62. The molecule has 0 bridgehead atoms. The van der Waals surface area contributed by atoms with E-state index in [1.165, 1.54) is 0 Å². The van der Waals surface area contributed by atoms with E-state index < -0.39 is 0 Å². The highest BCUT2D eigenvalue weighted by Crippen LogP contribution is 2.24. The molecule has 142 valence electrons. The first-order valence-corrected chi connectivity index (χ1v) is 9.75. The van der Waals surface area contributed by atoms with Gasteiger partial charge in [-0.3, -0.25) is 9.36 Å². The molecule has 4 rings (SSSR count). The number of hydrogen-bond acceptors (Lipinski definition) is 8. The molecule has 27 heavy (non-hydrogen) atoms. The Hall–Kier alpha value is -2.52. The molecule has 0 saturated carbocycles. The molecule has 1 aliphatic heterocycles. The van der Waals surface area contributed by atoms with Gasteiger partial charge >= 0.3 is 0 Å². The first-order chi connectivity index (χ1) is 13.2. The third-order valence-electron chi connectivity index (χ3n) is 4.78. The van der Waals surface area contributed by atoms with E-state index in [0.717, 1.165) is 47.5 Å². The maximum absolute atomic E-state index is 12.6. The molecule has 2 aromatic heterocycles. The van der Waals surface area contributed by atoms with Gasteiger partial charge in [0.15, 0.2) is 0 Å². The first kappa shape index (κ1) is 17.9. The Morgan fingerprint density at radius 1 is 1.15 bits per heavy atom. The Morgan fingerprint density at radius 2 is 1.93 bits per heavy atom. The van der Waals surface area contributed by atoms with Crippen LogP contribution < -0.4 is 15.4 Å². The molecule has 0 radical (unpaired) electrons. The van der Waals surface area contributed by atoms with Crippen molar-refractivity contribution in [1.82, 2.24) is 19.7 Å². The van der Waals surface area contributed by atoms with Gasteiger partial charge in [0.2, 0.25) is 5.13 Å². The summed E-state index contributed by atoms with van der Waals surface area (Å²) >= 11 is 1.63. The molecule has 0 N–H and O–H groups in total. The summed E-state index contributed by atoms with van der Waals surface area (Å²) in [6.07, 6.45) is 1.60. The summed E-state index contributed by atoms with van der Waals surface area (Å²) in [6.45, 7) is 6.57. The van der Waals surface area contributed by atoms with Crippen LogP contribution in [0.5, 0.6) is 0 Å². The number of piperazine rings is 1. The molecular weight excluding hydrogens is 364 g/mol. The van der Waals surface area contributed by atoms with E-state index in [9.17, 15) is 4.79 Å². The molecular formula is C18H22N6O2S. The molecule has 1 saturated heterocycles. The summed E-state index contributed by atoms with van der Waals surface area (Å²) < 4.78 is 6.64. The lowest BCUT2D eigenvalue weighted by Crippen LogP contribution is -2.46. The first-order valence-electron chi connectivity index (χ1n) is 8.94. The van der Waals surface area contributed by atoms with Gasteiger partial charge in [0, 0.05) is 39.0 Å². The zero-order valence-corrected chi connectivity index (χ0v) is 16.3. The highest BCUT2D eigenvalue weighted by molar-refractivity contribution is 7.15. The van der Waals surface area contributed by atoms with E-state index in [1.807, 2.05) is 25.1 Å². The van der Waals surface area contributed by atoms with Crippen molar-refractivity contribution in [3.05, 3.63) is 39.9 Å². The summed E-state index contributed by atoms with van der Waals surface area (Å²) in [5.74, 6) is 0. The van der Waals surface area contributed by atoms with Gasteiger partial charge in [-0.2, -0.15) is 0 Å². The fourth-order valence-electron chi connectivity index (χ4n) is 3.26. The Morgan fingerprint density at radius 3 is 2.63 bits per heavy atom. The van der Waals surface area contributed by atoms with Gasteiger partial charge < -0.3 is 14.5 Å². The molecule has 0 spiro atoms. The van der Waals surface area contributed by atoms with Gasteiger partial charge in [-0.1, -0.05) is 11.3 Å². The standard InChI is InChI=1S/C18H22N6O2S/c1-13-20-21-18(27-13)23-7-5-22(6-8-23)14-3-4-15-16(11-14)19-12-24(17(15)25)9-10-26-2/h3-4,11-12H,5-10H2,1-2H3. The molecule has 0 atom stereocenters. The topological polar surface area (TPSA) is 76.4 Å². The van der Waals surface area contributed by atoms with Gasteiger partial charge in [-0.25, -0.2) is 4.98 Å². The Kier molecular flexibility index (Phi) is 5.04. The molecule has 1 fully saturated rings. The van der Waals surface area contributed by atoms with Gasteiger partial charge in [0.25, 0.3) is 5.56 Å². The summed E-state index contributed by atoms with van der Waals surface area (Å²) in [5, 5.41) is 11.0. The van der Waals surface area contributed by atoms with Crippen molar-refractivity contribution < 1.29 is 4.74 Å². The second kappa shape index (κ2) is 7.61. The van der Waals surface area contributed by atoms with Crippen molar-refractivity contribution in [3.63, 3.8) is 0 Å². The number of aromatic nitrogens is 4. The molecule has 9 heteroatoms. The number of fused-ring (bicyclic) bond motifs is 1. The van der Waals surface area contributed by atoms with E-state index >= 15 is 0 Å². The van der Waals surface area contributed by atoms with Gasteiger partial charge in [0.1, 0.15) is 5.01 Å². The Bertz CT molecular complexity index is 993. The van der Waals surface area contributed by atoms with Gasteiger partial charge in [-0.15, -0.1) is 10.2 Å². The number of benzene rings is 1. The number of ether oxygens (including phenoxy) is 1. The highest BCUT2D eigenvalue weighted by atomic mass is 32.1. The van der Waals surface area contributed by atoms with Crippen molar-refractivity contribution in [2.75, 3.05) is 49.7 Å². The quantitative estimate of drug-likeness (QED) is 0.658. The third-order valence-corrected chi connectivity index (χ3v) is 5.68. The zero-order chi connectivity index (χ0) is 18.8. The third kappa shape index (κ3) is 3.65. The molecule has 0 unspecified atom stereocenters. The Labute approximate surface area is 161 Å². The molecule has 3 heterocycles. The van der Waals surface area contributed by atoms with Crippen LogP contribution in [0.15, 0.2) is 29.3 Å². The van der Waals surface area contributed by atoms with E-state index in [1.54, 1.807) is 29.3 Å². The average Bonchev–Trinajstić information content (AvgIpc) is 3.14. The van der Waals surface area contributed by atoms with E-state index in [4.69, 9.17) is 4.74 Å². The van der Waals surface area contributed by atoms with E-state index in [0.29, 0.717) is 18.5 Å².